The third-order valence-corrected chi connectivity index (χ3v) is 6.75. The van der Waals surface area contributed by atoms with E-state index >= 15 is 0 Å². The molecule has 1 saturated heterocycles. The highest BCUT2D eigenvalue weighted by molar-refractivity contribution is 5.66. The molecule has 2 aliphatic rings. The predicted octanol–water partition coefficient (Wildman–Crippen LogP) is 4.80. The van der Waals surface area contributed by atoms with Crippen LogP contribution in [0.25, 0.3) is 0 Å². The van der Waals surface area contributed by atoms with Crippen LogP contribution >= 0.6 is 0 Å². The van der Waals surface area contributed by atoms with Crippen molar-refractivity contribution >= 4 is 5.97 Å². The summed E-state index contributed by atoms with van der Waals surface area (Å²) in [6, 6.07) is 29.8. The number of hydrogen-bond acceptors (Lipinski definition) is 6. The monoisotopic (exact) mass is 474 g/mol. The van der Waals surface area contributed by atoms with Crippen molar-refractivity contribution in [2.75, 3.05) is 0 Å². The van der Waals surface area contributed by atoms with Gasteiger partial charge in [-0.3, -0.25) is 4.79 Å². The fourth-order valence-corrected chi connectivity index (χ4v) is 4.83. The normalized spacial score (nSPS) is 28.9. The molecule has 0 N–H and O–H groups in total. The van der Waals surface area contributed by atoms with Gasteiger partial charge in [0.05, 0.1) is 19.8 Å². The van der Waals surface area contributed by atoms with Crippen LogP contribution in [0.15, 0.2) is 91.0 Å². The molecule has 2 fully saturated rings. The molecule has 6 heteroatoms. The number of carbonyl (C=O) groups is 1. The van der Waals surface area contributed by atoms with Crippen molar-refractivity contribution in [1.29, 1.82) is 0 Å². The van der Waals surface area contributed by atoms with Crippen molar-refractivity contribution < 1.29 is 28.5 Å². The Morgan fingerprint density at radius 2 is 1.26 bits per heavy atom. The molecule has 6 nitrogen and oxygen atoms in total. The molecule has 1 aliphatic carbocycles. The Bertz CT molecular complexity index is 1120. The molecule has 3 aromatic carbocycles. The van der Waals surface area contributed by atoms with E-state index in [4.69, 9.17) is 23.7 Å². The fourth-order valence-electron chi connectivity index (χ4n) is 4.83. The molecule has 2 unspecified atom stereocenters. The lowest BCUT2D eigenvalue weighted by atomic mass is 9.95. The summed E-state index contributed by atoms with van der Waals surface area (Å²) in [7, 11) is 0. The number of ether oxygens (including phenoxy) is 5. The summed E-state index contributed by atoms with van der Waals surface area (Å²) in [5.74, 6) is -0.439. The molecule has 182 valence electrons. The summed E-state index contributed by atoms with van der Waals surface area (Å²) in [5, 5.41) is 0. The van der Waals surface area contributed by atoms with Gasteiger partial charge in [0.1, 0.15) is 12.2 Å². The average Bonchev–Trinajstić information content (AvgIpc) is 3.44. The molecule has 3 aromatic rings. The van der Waals surface area contributed by atoms with Crippen LogP contribution < -0.4 is 0 Å². The molecule has 5 rings (SSSR count). The number of fused-ring (bicyclic) bond motifs is 1. The molecule has 1 aliphatic heterocycles. The Morgan fingerprint density at radius 1 is 0.771 bits per heavy atom. The van der Waals surface area contributed by atoms with Crippen molar-refractivity contribution in [3.05, 3.63) is 108 Å². The third kappa shape index (κ3) is 4.62. The minimum Gasteiger partial charge on any atom is -0.433 e. The van der Waals surface area contributed by atoms with Gasteiger partial charge in [-0.1, -0.05) is 91.0 Å². The van der Waals surface area contributed by atoms with E-state index in [9.17, 15) is 4.79 Å². The minimum atomic E-state index is -1.09. The standard InChI is InChI=1S/C29H30O6/c1-21(30)34-27-28(2,32-19-23-14-8-4-9-15-23)29(33-20-24-16-10-5-11-17-24)25(26(29)35-27)31-18-22-12-6-3-7-13-22/h3-17,25-27H,18-20H2,1-2H3/t25?,26-,27?,28+,29-/m1/s1. The topological polar surface area (TPSA) is 63.2 Å². The second-order valence-electron chi connectivity index (χ2n) is 9.16. The zero-order valence-electron chi connectivity index (χ0n) is 20.0. The number of hydrogen-bond donors (Lipinski definition) is 0. The summed E-state index contributed by atoms with van der Waals surface area (Å²) in [5.41, 5.74) is 1.05. The van der Waals surface area contributed by atoms with Crippen LogP contribution in [0.2, 0.25) is 0 Å². The van der Waals surface area contributed by atoms with Crippen molar-refractivity contribution in [3.63, 3.8) is 0 Å². The largest absolute Gasteiger partial charge is 0.433 e. The summed E-state index contributed by atoms with van der Waals surface area (Å²) < 4.78 is 31.2. The predicted molar refractivity (Wildman–Crippen MR) is 129 cm³/mol. The first kappa shape index (κ1) is 23.7. The number of esters is 1. The molecule has 0 aromatic heterocycles. The lowest BCUT2D eigenvalue weighted by Gasteiger charge is -2.38. The zero-order chi connectivity index (χ0) is 24.3. The van der Waals surface area contributed by atoms with Gasteiger partial charge in [-0.15, -0.1) is 0 Å². The average molecular weight is 475 g/mol. The van der Waals surface area contributed by atoms with Gasteiger partial charge in [0.15, 0.2) is 11.2 Å². The number of carbonyl (C=O) groups excluding carboxylic acids is 1. The van der Waals surface area contributed by atoms with E-state index in [0.29, 0.717) is 19.8 Å². The van der Waals surface area contributed by atoms with Crippen LogP contribution in [0.3, 0.4) is 0 Å². The van der Waals surface area contributed by atoms with Crippen LogP contribution in [0.1, 0.15) is 30.5 Å². The molecule has 0 radical (unpaired) electrons. The highest BCUT2D eigenvalue weighted by atomic mass is 16.8. The van der Waals surface area contributed by atoms with Crippen LogP contribution in [0, 0.1) is 0 Å². The summed E-state index contributed by atoms with van der Waals surface area (Å²) in [6.45, 7) is 4.33. The van der Waals surface area contributed by atoms with Crippen LogP contribution in [0.4, 0.5) is 0 Å². The maximum atomic E-state index is 11.9. The highest BCUT2D eigenvalue weighted by Crippen LogP contribution is 2.62. The summed E-state index contributed by atoms with van der Waals surface area (Å²) in [6.07, 6.45) is -1.72. The second kappa shape index (κ2) is 9.91. The molecule has 0 spiro atoms. The molecular weight excluding hydrogens is 444 g/mol. The Labute approximate surface area is 205 Å². The van der Waals surface area contributed by atoms with E-state index in [1.54, 1.807) is 0 Å². The first-order valence-electron chi connectivity index (χ1n) is 11.9. The van der Waals surface area contributed by atoms with Gasteiger partial charge in [-0.25, -0.2) is 0 Å². The molecule has 5 atom stereocenters. The van der Waals surface area contributed by atoms with Crippen molar-refractivity contribution in [1.82, 2.24) is 0 Å². The fraction of sp³-hybridized carbons (Fsp3) is 0.345. The Balaban J connectivity index is 1.42. The molecular formula is C29H30O6. The van der Waals surface area contributed by atoms with Crippen LogP contribution in [-0.2, 0) is 48.3 Å². The van der Waals surface area contributed by atoms with Crippen molar-refractivity contribution in [2.45, 2.75) is 63.4 Å². The van der Waals surface area contributed by atoms with E-state index in [-0.39, 0.29) is 6.10 Å². The van der Waals surface area contributed by atoms with Gasteiger partial charge in [0.25, 0.3) is 0 Å². The third-order valence-electron chi connectivity index (χ3n) is 6.75. The maximum Gasteiger partial charge on any atom is 0.305 e. The Hall–Kier alpha value is -3.03. The molecule has 1 heterocycles. The van der Waals surface area contributed by atoms with Gasteiger partial charge in [0.2, 0.25) is 6.29 Å². The van der Waals surface area contributed by atoms with Crippen LogP contribution in [-0.4, -0.2) is 35.7 Å². The summed E-state index contributed by atoms with van der Waals surface area (Å²) in [4.78, 5) is 11.9. The Kier molecular flexibility index (Phi) is 6.71. The first-order valence-corrected chi connectivity index (χ1v) is 11.9. The first-order chi connectivity index (χ1) is 17.0. The van der Waals surface area contributed by atoms with E-state index < -0.39 is 29.6 Å². The van der Waals surface area contributed by atoms with Gasteiger partial charge < -0.3 is 23.7 Å². The molecule has 1 saturated carbocycles. The van der Waals surface area contributed by atoms with Gasteiger partial charge >= 0.3 is 5.97 Å². The zero-order valence-corrected chi connectivity index (χ0v) is 20.0. The number of rotatable bonds is 10. The summed E-state index contributed by atoms with van der Waals surface area (Å²) >= 11 is 0. The minimum absolute atomic E-state index is 0.313. The highest BCUT2D eigenvalue weighted by Gasteiger charge is 2.86. The second-order valence-corrected chi connectivity index (χ2v) is 9.16. The molecule has 0 amide bonds. The van der Waals surface area contributed by atoms with E-state index in [1.807, 2.05) is 97.9 Å². The van der Waals surface area contributed by atoms with Crippen LogP contribution in [0.5, 0.6) is 0 Å². The van der Waals surface area contributed by atoms with Gasteiger partial charge in [0, 0.05) is 6.92 Å². The SMILES string of the molecule is CC(=O)OC1O[C@@H]2C(OCc3ccccc3)[C@]2(OCc2ccccc2)[C@@]1(C)OCc1ccccc1. The van der Waals surface area contributed by atoms with E-state index in [2.05, 4.69) is 0 Å². The number of benzene rings is 3. The maximum absolute atomic E-state index is 11.9. The van der Waals surface area contributed by atoms with Gasteiger partial charge in [-0.05, 0) is 23.6 Å². The van der Waals surface area contributed by atoms with Gasteiger partial charge in [-0.2, -0.15) is 0 Å². The van der Waals surface area contributed by atoms with Crippen molar-refractivity contribution in [2.24, 2.45) is 0 Å². The lowest BCUT2D eigenvalue weighted by Crippen LogP contribution is -2.55. The van der Waals surface area contributed by atoms with E-state index in [0.717, 1.165) is 16.7 Å². The molecule has 35 heavy (non-hydrogen) atoms. The van der Waals surface area contributed by atoms with Crippen molar-refractivity contribution in [3.8, 4) is 0 Å². The van der Waals surface area contributed by atoms with E-state index in [1.165, 1.54) is 6.92 Å². The lowest BCUT2D eigenvalue weighted by molar-refractivity contribution is -0.259. The molecule has 0 bridgehead atoms. The smallest absolute Gasteiger partial charge is 0.305 e. The quantitative estimate of drug-likeness (QED) is 0.393. The Morgan fingerprint density at radius 3 is 1.77 bits per heavy atom.